The van der Waals surface area contributed by atoms with Crippen molar-refractivity contribution in [2.24, 2.45) is 0 Å². The lowest BCUT2D eigenvalue weighted by Gasteiger charge is -2.17. The molecule has 0 unspecified atom stereocenters. The summed E-state index contributed by atoms with van der Waals surface area (Å²) in [5.74, 6) is -0.373. The van der Waals surface area contributed by atoms with Crippen LogP contribution in [-0.4, -0.2) is 11.6 Å². The Morgan fingerprint density at radius 2 is 1.62 bits per heavy atom. The van der Waals surface area contributed by atoms with E-state index in [-0.39, 0.29) is 5.97 Å². The topological polar surface area (TPSA) is 26.3 Å². The fourth-order valence-electron chi connectivity index (χ4n) is 0.343. The first kappa shape index (κ1) is 14.5. The molecule has 0 aliphatic carbocycles. The summed E-state index contributed by atoms with van der Waals surface area (Å²) in [7, 11) is 0. The molecule has 0 saturated heterocycles. The zero-order valence-electron chi connectivity index (χ0n) is 9.31. The molecule has 0 aromatic heterocycles. The van der Waals surface area contributed by atoms with Crippen LogP contribution in [0.1, 0.15) is 34.6 Å². The summed E-state index contributed by atoms with van der Waals surface area (Å²) >= 11 is 0. The summed E-state index contributed by atoms with van der Waals surface area (Å²) in [6.07, 6.45) is 1.16. The van der Waals surface area contributed by atoms with Gasteiger partial charge in [-0.3, -0.25) is 0 Å². The van der Waals surface area contributed by atoms with Gasteiger partial charge in [-0.2, -0.15) is 0 Å². The van der Waals surface area contributed by atoms with E-state index < -0.39 is 5.60 Å². The van der Waals surface area contributed by atoms with Crippen LogP contribution in [-0.2, 0) is 9.53 Å². The van der Waals surface area contributed by atoms with E-state index in [1.165, 1.54) is 5.57 Å². The fourth-order valence-corrected chi connectivity index (χ4v) is 0.343. The van der Waals surface area contributed by atoms with E-state index in [1.54, 1.807) is 0 Å². The second-order valence-corrected chi connectivity index (χ2v) is 3.94. The van der Waals surface area contributed by atoms with Gasteiger partial charge in [0.25, 0.3) is 0 Å². The third-order valence-electron chi connectivity index (χ3n) is 0.573. The lowest BCUT2D eigenvalue weighted by molar-refractivity contribution is -0.148. The van der Waals surface area contributed by atoms with Crippen molar-refractivity contribution in [1.29, 1.82) is 0 Å². The summed E-state index contributed by atoms with van der Waals surface area (Å²) < 4.78 is 4.83. The molecule has 0 saturated carbocycles. The average molecular weight is 184 g/mol. The second-order valence-electron chi connectivity index (χ2n) is 3.94. The van der Waals surface area contributed by atoms with Crippen LogP contribution in [0.25, 0.3) is 0 Å². The molecule has 0 radical (unpaired) electrons. The van der Waals surface area contributed by atoms with Crippen LogP contribution in [0.2, 0.25) is 0 Å². The molecule has 0 aliphatic rings. The summed E-state index contributed by atoms with van der Waals surface area (Å²) in [6, 6.07) is 0. The van der Waals surface area contributed by atoms with E-state index in [0.717, 1.165) is 6.08 Å². The molecule has 0 rings (SSSR count). The van der Waals surface area contributed by atoms with Crippen LogP contribution >= 0.6 is 0 Å². The van der Waals surface area contributed by atoms with Crippen LogP contribution in [0.5, 0.6) is 0 Å². The molecule has 0 N–H and O–H groups in total. The lowest BCUT2D eigenvalue weighted by Crippen LogP contribution is -2.22. The number of rotatable bonds is 1. The Bertz CT molecular complexity index is 181. The van der Waals surface area contributed by atoms with E-state index in [1.807, 2.05) is 34.6 Å². The van der Waals surface area contributed by atoms with E-state index in [4.69, 9.17) is 4.74 Å². The molecule has 0 bridgehead atoms. The van der Waals surface area contributed by atoms with Gasteiger partial charge in [-0.05, 0) is 34.6 Å². The summed E-state index contributed by atoms with van der Waals surface area (Å²) in [4.78, 5) is 10.5. The molecular weight excluding hydrogens is 164 g/mol. The first-order chi connectivity index (χ1) is 5.69. The maximum absolute atomic E-state index is 10.5. The minimum Gasteiger partial charge on any atom is -0.457 e. The van der Waals surface area contributed by atoms with E-state index >= 15 is 0 Å². The number of esters is 1. The number of ether oxygens (including phenoxy) is 1. The molecule has 0 atom stereocenters. The van der Waals surface area contributed by atoms with Gasteiger partial charge in [-0.25, -0.2) is 4.79 Å². The minimum atomic E-state index is -0.398. The van der Waals surface area contributed by atoms with Gasteiger partial charge in [-0.1, -0.05) is 12.2 Å². The Kier molecular flexibility index (Phi) is 7.20. The fraction of sp³-hybridized carbons (Fsp3) is 0.545. The predicted octanol–water partition coefficient (Wildman–Crippen LogP) is 3.10. The molecule has 0 heterocycles. The van der Waals surface area contributed by atoms with Gasteiger partial charge in [0.2, 0.25) is 0 Å². The SMILES string of the molecule is C=C(C)C.C=CC(=O)OC(C)(C)C. The third kappa shape index (κ3) is 24.8. The molecule has 0 spiro atoms. The largest absolute Gasteiger partial charge is 0.457 e. The Morgan fingerprint density at radius 3 is 1.69 bits per heavy atom. The van der Waals surface area contributed by atoms with Gasteiger partial charge in [0, 0.05) is 6.08 Å². The number of hydrogen-bond donors (Lipinski definition) is 0. The van der Waals surface area contributed by atoms with Crippen molar-refractivity contribution in [1.82, 2.24) is 0 Å². The maximum Gasteiger partial charge on any atom is 0.330 e. The molecule has 2 heteroatoms. The molecule has 0 aliphatic heterocycles. The highest BCUT2D eigenvalue weighted by Crippen LogP contribution is 2.06. The van der Waals surface area contributed by atoms with Gasteiger partial charge < -0.3 is 4.74 Å². The zero-order chi connectivity index (χ0) is 11.1. The van der Waals surface area contributed by atoms with Crippen molar-refractivity contribution in [3.8, 4) is 0 Å². The molecule has 76 valence electrons. The van der Waals surface area contributed by atoms with E-state index in [2.05, 4.69) is 13.2 Å². The van der Waals surface area contributed by atoms with Crippen molar-refractivity contribution in [2.45, 2.75) is 40.2 Å². The van der Waals surface area contributed by atoms with E-state index in [9.17, 15) is 4.79 Å². The number of carbonyl (C=O) groups is 1. The molecule has 0 fully saturated rings. The highest BCUT2D eigenvalue weighted by Gasteiger charge is 2.12. The molecule has 13 heavy (non-hydrogen) atoms. The van der Waals surface area contributed by atoms with E-state index in [0.29, 0.717) is 0 Å². The molecule has 0 amide bonds. The van der Waals surface area contributed by atoms with Crippen molar-refractivity contribution in [2.75, 3.05) is 0 Å². The monoisotopic (exact) mass is 184 g/mol. The van der Waals surface area contributed by atoms with Crippen LogP contribution in [0, 0.1) is 0 Å². The summed E-state index contributed by atoms with van der Waals surface area (Å²) in [5, 5.41) is 0. The Balaban J connectivity index is 0. The number of allylic oxidation sites excluding steroid dienone is 1. The Labute approximate surface area is 81.3 Å². The molecule has 2 nitrogen and oxygen atoms in total. The first-order valence-electron chi connectivity index (χ1n) is 4.16. The second kappa shape index (κ2) is 6.46. The van der Waals surface area contributed by atoms with Crippen molar-refractivity contribution >= 4 is 5.97 Å². The van der Waals surface area contributed by atoms with Gasteiger partial charge >= 0.3 is 5.97 Å². The lowest BCUT2D eigenvalue weighted by atomic mass is 10.2. The molecular formula is C11H20O2. The third-order valence-corrected chi connectivity index (χ3v) is 0.573. The van der Waals surface area contributed by atoms with Crippen molar-refractivity contribution in [3.05, 3.63) is 24.8 Å². The highest BCUT2D eigenvalue weighted by molar-refractivity contribution is 5.81. The van der Waals surface area contributed by atoms with Crippen molar-refractivity contribution < 1.29 is 9.53 Å². The standard InChI is InChI=1S/C7H12O2.C4H8/c1-5-6(8)9-7(2,3)4;1-4(2)3/h5H,1H2,2-4H3;1H2,2-3H3. The Morgan fingerprint density at radius 1 is 1.31 bits per heavy atom. The van der Waals surface area contributed by atoms with Crippen LogP contribution in [0.4, 0.5) is 0 Å². The van der Waals surface area contributed by atoms with Gasteiger partial charge in [0.05, 0.1) is 0 Å². The minimum absolute atomic E-state index is 0.373. The van der Waals surface area contributed by atoms with Crippen LogP contribution < -0.4 is 0 Å². The van der Waals surface area contributed by atoms with Gasteiger partial charge in [0.1, 0.15) is 5.60 Å². The average Bonchev–Trinajstić information content (AvgIpc) is 1.82. The first-order valence-corrected chi connectivity index (χ1v) is 4.16. The number of hydrogen-bond acceptors (Lipinski definition) is 2. The predicted molar refractivity (Wildman–Crippen MR) is 56.5 cm³/mol. The summed E-state index contributed by atoms with van der Waals surface area (Å²) in [6.45, 7) is 16.2. The van der Waals surface area contributed by atoms with Gasteiger partial charge in [-0.15, -0.1) is 6.58 Å². The molecule has 0 aromatic rings. The van der Waals surface area contributed by atoms with Crippen LogP contribution in [0.3, 0.4) is 0 Å². The maximum atomic E-state index is 10.5. The van der Waals surface area contributed by atoms with Gasteiger partial charge in [0.15, 0.2) is 0 Å². The summed E-state index contributed by atoms with van der Waals surface area (Å²) in [5.41, 5.74) is 0.769. The molecule has 0 aromatic carbocycles. The highest BCUT2D eigenvalue weighted by atomic mass is 16.6. The number of carbonyl (C=O) groups excluding carboxylic acids is 1. The quantitative estimate of drug-likeness (QED) is 0.355. The smallest absolute Gasteiger partial charge is 0.330 e. The van der Waals surface area contributed by atoms with Crippen LogP contribution in [0.15, 0.2) is 24.8 Å². The zero-order valence-corrected chi connectivity index (χ0v) is 9.31. The Hall–Kier alpha value is -1.05. The normalized spacial score (nSPS) is 9.31. The van der Waals surface area contributed by atoms with Crippen molar-refractivity contribution in [3.63, 3.8) is 0 Å².